The second kappa shape index (κ2) is 10.1. The molecule has 4 rings (SSSR count). The Morgan fingerprint density at radius 1 is 0.970 bits per heavy atom. The van der Waals surface area contributed by atoms with E-state index in [9.17, 15) is 14.0 Å². The molecule has 0 bridgehead atoms. The van der Waals surface area contributed by atoms with Crippen LogP contribution >= 0.6 is 11.3 Å². The van der Waals surface area contributed by atoms with Gasteiger partial charge in [0, 0.05) is 28.7 Å². The molecule has 0 radical (unpaired) electrons. The lowest BCUT2D eigenvalue weighted by Gasteiger charge is -2.22. The number of nitrogen functional groups attached to an aromatic ring is 1. The zero-order valence-electron chi connectivity index (χ0n) is 17.6. The van der Waals surface area contributed by atoms with Crippen LogP contribution in [0.5, 0.6) is 0 Å². The van der Waals surface area contributed by atoms with Gasteiger partial charge in [-0.3, -0.25) is 9.59 Å². The van der Waals surface area contributed by atoms with E-state index in [0.29, 0.717) is 16.4 Å². The third kappa shape index (κ3) is 5.81. The molecule has 3 N–H and O–H groups in total. The summed E-state index contributed by atoms with van der Waals surface area (Å²) in [7, 11) is 0. The lowest BCUT2D eigenvalue weighted by atomic mass is 10.1. The fraction of sp³-hybridized carbons (Fsp3) is 0.0800. The van der Waals surface area contributed by atoms with E-state index in [0.717, 1.165) is 16.8 Å². The number of aromatic nitrogens is 1. The molecule has 1 aromatic heterocycles. The molecule has 2 amide bonds. The van der Waals surface area contributed by atoms with Gasteiger partial charge in [-0.05, 0) is 42.0 Å². The summed E-state index contributed by atoms with van der Waals surface area (Å²) in [4.78, 5) is 31.5. The Bertz CT molecular complexity index is 1240. The molecule has 166 valence electrons. The Balaban J connectivity index is 1.47. The van der Waals surface area contributed by atoms with E-state index in [1.165, 1.54) is 40.5 Å². The number of nitrogens with zero attached hydrogens (tertiary/aromatic N) is 2. The van der Waals surface area contributed by atoms with Crippen molar-refractivity contribution in [1.82, 2.24) is 9.88 Å². The molecule has 0 aliphatic heterocycles. The second-order valence-electron chi connectivity index (χ2n) is 7.35. The highest BCUT2D eigenvalue weighted by molar-refractivity contribution is 7.13. The van der Waals surface area contributed by atoms with Crippen molar-refractivity contribution in [3.8, 4) is 11.3 Å². The molecule has 1 heterocycles. The largest absolute Gasteiger partial charge is 0.375 e. The molecular formula is C25H21FN4O2S. The van der Waals surface area contributed by atoms with Crippen molar-refractivity contribution in [3.63, 3.8) is 0 Å². The number of carbonyl (C=O) groups is 2. The topological polar surface area (TPSA) is 88.3 Å². The lowest BCUT2D eigenvalue weighted by molar-refractivity contribution is -0.117. The van der Waals surface area contributed by atoms with Gasteiger partial charge in [-0.2, -0.15) is 0 Å². The zero-order chi connectivity index (χ0) is 23.2. The van der Waals surface area contributed by atoms with Crippen LogP contribution in [-0.2, 0) is 11.3 Å². The maximum atomic E-state index is 13.3. The van der Waals surface area contributed by atoms with Gasteiger partial charge in [0.2, 0.25) is 5.91 Å². The minimum absolute atomic E-state index is 0.157. The van der Waals surface area contributed by atoms with Gasteiger partial charge in [-0.25, -0.2) is 9.37 Å². The Kier molecular flexibility index (Phi) is 6.75. The van der Waals surface area contributed by atoms with Gasteiger partial charge in [0.25, 0.3) is 5.91 Å². The van der Waals surface area contributed by atoms with Crippen LogP contribution in [0.15, 0.2) is 84.2 Å². The smallest absolute Gasteiger partial charge is 0.254 e. The SMILES string of the molecule is Nc1nc(-c2ccc(NC(=O)CN(Cc3ccccc3)C(=O)c3ccc(F)cc3)cc2)cs1. The third-order valence-corrected chi connectivity index (χ3v) is 5.59. The van der Waals surface area contributed by atoms with E-state index in [2.05, 4.69) is 10.3 Å². The molecule has 3 aromatic carbocycles. The molecule has 8 heteroatoms. The number of hydrogen-bond acceptors (Lipinski definition) is 5. The number of nitrogens with two attached hydrogens (primary N) is 1. The molecule has 0 aliphatic carbocycles. The molecule has 0 fully saturated rings. The molecule has 4 aromatic rings. The number of amides is 2. The normalized spacial score (nSPS) is 10.6. The van der Waals surface area contributed by atoms with Crippen LogP contribution in [0.2, 0.25) is 0 Å². The summed E-state index contributed by atoms with van der Waals surface area (Å²) in [6.07, 6.45) is 0. The summed E-state index contributed by atoms with van der Waals surface area (Å²) >= 11 is 1.36. The predicted octanol–water partition coefficient (Wildman–Crippen LogP) is 4.81. The first-order chi connectivity index (χ1) is 16.0. The van der Waals surface area contributed by atoms with E-state index in [4.69, 9.17) is 5.73 Å². The highest BCUT2D eigenvalue weighted by atomic mass is 32.1. The molecule has 0 spiro atoms. The fourth-order valence-corrected chi connectivity index (χ4v) is 3.87. The first-order valence-electron chi connectivity index (χ1n) is 10.2. The molecule has 0 atom stereocenters. The molecule has 0 aliphatic rings. The van der Waals surface area contributed by atoms with Crippen molar-refractivity contribution < 1.29 is 14.0 Å². The molecule has 6 nitrogen and oxygen atoms in total. The Labute approximate surface area is 194 Å². The molecule has 0 unspecified atom stereocenters. The first kappa shape index (κ1) is 22.2. The highest BCUT2D eigenvalue weighted by Crippen LogP contribution is 2.24. The van der Waals surface area contributed by atoms with Crippen LogP contribution in [0, 0.1) is 5.82 Å². The molecule has 0 saturated heterocycles. The fourth-order valence-electron chi connectivity index (χ4n) is 3.30. The molecule has 0 saturated carbocycles. The average molecular weight is 461 g/mol. The summed E-state index contributed by atoms with van der Waals surface area (Å²) < 4.78 is 13.3. The summed E-state index contributed by atoms with van der Waals surface area (Å²) in [6, 6.07) is 21.9. The number of benzene rings is 3. The van der Waals surface area contributed by atoms with Crippen molar-refractivity contribution in [2.75, 3.05) is 17.6 Å². The average Bonchev–Trinajstić information content (AvgIpc) is 3.26. The van der Waals surface area contributed by atoms with Gasteiger partial charge in [0.05, 0.1) is 5.69 Å². The van der Waals surface area contributed by atoms with Crippen molar-refractivity contribution >= 4 is 34.0 Å². The van der Waals surface area contributed by atoms with E-state index in [1.807, 2.05) is 47.8 Å². The van der Waals surface area contributed by atoms with E-state index < -0.39 is 5.82 Å². The number of anilines is 2. The van der Waals surface area contributed by atoms with Gasteiger partial charge >= 0.3 is 0 Å². The maximum absolute atomic E-state index is 13.3. The van der Waals surface area contributed by atoms with Crippen LogP contribution < -0.4 is 11.1 Å². The number of carbonyl (C=O) groups excluding carboxylic acids is 2. The van der Waals surface area contributed by atoms with E-state index in [-0.39, 0.29) is 24.9 Å². The predicted molar refractivity (Wildman–Crippen MR) is 128 cm³/mol. The maximum Gasteiger partial charge on any atom is 0.254 e. The standard InChI is InChI=1S/C25H21FN4O2S/c26-20-10-6-19(7-11-20)24(32)30(14-17-4-2-1-3-5-17)15-23(31)28-21-12-8-18(9-13-21)22-16-33-25(27)29-22/h1-13,16H,14-15H2,(H2,27,29)(H,28,31). The summed E-state index contributed by atoms with van der Waals surface area (Å²) in [5.41, 5.74) is 9.14. The van der Waals surface area contributed by atoms with Crippen LogP contribution in [0.3, 0.4) is 0 Å². The highest BCUT2D eigenvalue weighted by Gasteiger charge is 2.19. The first-order valence-corrected chi connectivity index (χ1v) is 11.1. The molecule has 33 heavy (non-hydrogen) atoms. The van der Waals surface area contributed by atoms with E-state index in [1.54, 1.807) is 12.1 Å². The third-order valence-electron chi connectivity index (χ3n) is 4.92. The van der Waals surface area contributed by atoms with Crippen LogP contribution in [0.1, 0.15) is 15.9 Å². The monoisotopic (exact) mass is 460 g/mol. The van der Waals surface area contributed by atoms with Crippen LogP contribution in [0.4, 0.5) is 15.2 Å². The van der Waals surface area contributed by atoms with Crippen molar-refractivity contribution in [1.29, 1.82) is 0 Å². The quantitative estimate of drug-likeness (QED) is 0.414. The van der Waals surface area contributed by atoms with Crippen LogP contribution in [0.25, 0.3) is 11.3 Å². The van der Waals surface area contributed by atoms with Crippen molar-refractivity contribution in [2.45, 2.75) is 6.54 Å². The number of hydrogen-bond donors (Lipinski definition) is 2. The van der Waals surface area contributed by atoms with Gasteiger partial charge in [0.15, 0.2) is 5.13 Å². The minimum atomic E-state index is -0.428. The zero-order valence-corrected chi connectivity index (χ0v) is 18.4. The van der Waals surface area contributed by atoms with Crippen molar-refractivity contribution in [2.24, 2.45) is 0 Å². The number of halogens is 1. The lowest BCUT2D eigenvalue weighted by Crippen LogP contribution is -2.37. The summed E-state index contributed by atoms with van der Waals surface area (Å²) in [5, 5.41) is 5.18. The molecular weight excluding hydrogens is 439 g/mol. The summed E-state index contributed by atoms with van der Waals surface area (Å²) in [5.74, 6) is -1.12. The van der Waals surface area contributed by atoms with Gasteiger partial charge in [-0.1, -0.05) is 42.5 Å². The van der Waals surface area contributed by atoms with Crippen LogP contribution in [-0.4, -0.2) is 28.2 Å². The van der Waals surface area contributed by atoms with Gasteiger partial charge in [-0.15, -0.1) is 11.3 Å². The Morgan fingerprint density at radius 2 is 1.67 bits per heavy atom. The van der Waals surface area contributed by atoms with Gasteiger partial charge in [0.1, 0.15) is 12.4 Å². The minimum Gasteiger partial charge on any atom is -0.375 e. The van der Waals surface area contributed by atoms with Crippen molar-refractivity contribution in [3.05, 3.63) is 101 Å². The number of thiazole rings is 1. The Morgan fingerprint density at radius 3 is 2.30 bits per heavy atom. The Hall–Kier alpha value is -4.04. The van der Waals surface area contributed by atoms with E-state index >= 15 is 0 Å². The number of nitrogens with one attached hydrogen (secondary N) is 1. The van der Waals surface area contributed by atoms with Gasteiger partial charge < -0.3 is 16.0 Å². The summed E-state index contributed by atoms with van der Waals surface area (Å²) in [6.45, 7) is 0.0874. The number of rotatable bonds is 7. The second-order valence-corrected chi connectivity index (χ2v) is 8.24.